The van der Waals surface area contributed by atoms with E-state index in [1.54, 1.807) is 0 Å². The van der Waals surface area contributed by atoms with Gasteiger partial charge in [-0.25, -0.2) is 8.42 Å². The molecular weight excluding hydrogens is 779 g/mol. The number of allylic oxidation sites excluding steroid dienone is 1. The summed E-state index contributed by atoms with van der Waals surface area (Å²) in [5.41, 5.74) is 2.94. The van der Waals surface area contributed by atoms with Gasteiger partial charge in [-0.2, -0.15) is 18.0 Å². The highest BCUT2D eigenvalue weighted by Gasteiger charge is 2.71. The quantitative estimate of drug-likeness (QED) is 0.0879. The zero-order valence-corrected chi connectivity index (χ0v) is 38.7. The number of rotatable bonds is 11. The zero-order chi connectivity index (χ0) is 43.5. The second-order valence-electron chi connectivity index (χ2n) is 21.2. The topological polar surface area (TPSA) is 172 Å². The molecule has 1 saturated heterocycles. The molecule has 0 aromatic carbocycles. The van der Waals surface area contributed by atoms with Gasteiger partial charge in [0.1, 0.15) is 6.10 Å². The average molecular weight is 856 g/mol. The Kier molecular flexibility index (Phi) is 15.9. The van der Waals surface area contributed by atoms with Crippen LogP contribution in [0.3, 0.4) is 0 Å². The predicted molar refractivity (Wildman–Crippen MR) is 226 cm³/mol. The van der Waals surface area contributed by atoms with E-state index in [-0.39, 0.29) is 23.6 Å². The summed E-state index contributed by atoms with van der Waals surface area (Å²) in [6.45, 7) is 26.8. The molecule has 0 aromatic heterocycles. The van der Waals surface area contributed by atoms with E-state index >= 15 is 0 Å². The van der Waals surface area contributed by atoms with E-state index < -0.39 is 20.2 Å². The number of carbonyl (C=O) groups excluding carboxylic acids is 3. The fourth-order valence-electron chi connectivity index (χ4n) is 14.6. The van der Waals surface area contributed by atoms with Gasteiger partial charge in [-0.15, -0.1) is 0 Å². The van der Waals surface area contributed by atoms with Crippen LogP contribution in [0.2, 0.25) is 0 Å². The van der Waals surface area contributed by atoms with Gasteiger partial charge in [0.05, 0.1) is 11.5 Å². The molecule has 11 nitrogen and oxygen atoms in total. The molecule has 58 heavy (non-hydrogen) atoms. The number of carbonyl (C=O) groups is 1. The lowest BCUT2D eigenvalue weighted by Crippen LogP contribution is -2.66. The van der Waals surface area contributed by atoms with Crippen LogP contribution in [0.5, 0.6) is 0 Å². The molecular formula is C45H77NO10S2. The highest BCUT2D eigenvalue weighted by molar-refractivity contribution is 7.91. The molecule has 6 aliphatic rings. The summed E-state index contributed by atoms with van der Waals surface area (Å²) in [6.07, 6.45) is 20.4. The molecule has 6 fully saturated rings. The first-order chi connectivity index (χ1) is 26.8. The molecule has 0 radical (unpaired) electrons. The Balaban J connectivity index is 0.000000852. The van der Waals surface area contributed by atoms with Gasteiger partial charge in [-0.05, 0) is 148 Å². The van der Waals surface area contributed by atoms with Crippen LogP contribution >= 0.6 is 0 Å². The van der Waals surface area contributed by atoms with Crippen LogP contribution in [0.25, 0.3) is 0 Å². The van der Waals surface area contributed by atoms with Gasteiger partial charge in [-0.1, -0.05) is 79.9 Å². The molecule has 5 saturated carbocycles. The summed E-state index contributed by atoms with van der Waals surface area (Å²) in [6, 6.07) is 0. The van der Waals surface area contributed by atoms with Crippen LogP contribution in [0, 0.1) is 62.6 Å². The summed E-state index contributed by atoms with van der Waals surface area (Å²) >= 11 is 0. The van der Waals surface area contributed by atoms with E-state index in [0.717, 1.165) is 43.8 Å². The zero-order valence-electron chi connectivity index (χ0n) is 37.0. The number of unbranched alkanes of at least 4 members (excludes halogenated alkanes) is 3. The second kappa shape index (κ2) is 18.8. The summed E-state index contributed by atoms with van der Waals surface area (Å²) < 4.78 is 61.5. The van der Waals surface area contributed by atoms with E-state index in [9.17, 15) is 13.2 Å². The molecule has 0 bridgehead atoms. The SMILES string of the molecule is C=C(C)[C@@H]1CC[C@]2(CCCCCCN3CCS(=O)(=O)CC3)CC[C@]3(C)[C@H](CC[C@@H]4[C@@]5(C)CC[C@H](OC(=O)CC(C)C)C(C)(C)[C@@H]5CC[C@]43C)[C@@H]12.O=C=O.O=S(=O)(O)O. The normalized spacial score (nSPS) is 38.8. The molecule has 10 atom stereocenters. The fourth-order valence-corrected chi connectivity index (χ4v) is 15.9. The highest BCUT2D eigenvalue weighted by Crippen LogP contribution is 2.78. The summed E-state index contributed by atoms with van der Waals surface area (Å²) in [7, 11) is -7.46. The van der Waals surface area contributed by atoms with Gasteiger partial charge in [0, 0.05) is 24.9 Å². The molecule has 334 valence electrons. The standard InChI is InChI=1S/C44H75NO4S.CO2.H2O4S/c1-31(2)30-38(46)49-37-18-20-41(7)35(40(37,5)6)17-21-43(9)36(41)15-14-34-39-33(32(3)4)16-22-44(39,24-23-42(34,43)8)19-12-10-11-13-25-45-26-28-50(47,48)29-27-45;2-1-3;1-5(2,3)4/h31,33-37,39H,3,10-30H2,1-2,4-9H3;;(H2,1,2,3,4)/t33-,34+,35-,36+,37-,39+,41-,42+,43+,44+;;/m0../s1. The Labute approximate surface area is 351 Å². The van der Waals surface area contributed by atoms with Gasteiger partial charge in [0.25, 0.3) is 0 Å². The number of sulfone groups is 1. The van der Waals surface area contributed by atoms with Gasteiger partial charge in [0.15, 0.2) is 9.84 Å². The van der Waals surface area contributed by atoms with E-state index in [2.05, 4.69) is 66.9 Å². The maximum Gasteiger partial charge on any atom is 0.394 e. The number of hydrogen-bond donors (Lipinski definition) is 2. The Bertz CT molecular complexity index is 1680. The van der Waals surface area contributed by atoms with Crippen LogP contribution in [-0.2, 0) is 39.4 Å². The Morgan fingerprint density at radius 3 is 2.03 bits per heavy atom. The largest absolute Gasteiger partial charge is 0.462 e. The van der Waals surface area contributed by atoms with Crippen molar-refractivity contribution in [2.45, 2.75) is 164 Å². The van der Waals surface area contributed by atoms with Crippen molar-refractivity contribution in [1.29, 1.82) is 0 Å². The third kappa shape index (κ3) is 10.5. The Hall–Kier alpha value is -1.63. The van der Waals surface area contributed by atoms with Gasteiger partial charge < -0.3 is 9.64 Å². The molecule has 0 amide bonds. The first kappa shape index (κ1) is 49.0. The van der Waals surface area contributed by atoms with Crippen molar-refractivity contribution in [2.24, 2.45) is 62.6 Å². The highest BCUT2D eigenvalue weighted by atomic mass is 32.3. The Morgan fingerprint density at radius 1 is 0.845 bits per heavy atom. The third-order valence-electron chi connectivity index (χ3n) is 17.4. The van der Waals surface area contributed by atoms with Gasteiger partial charge in [-0.3, -0.25) is 13.9 Å². The first-order valence-corrected chi connectivity index (χ1v) is 25.5. The molecule has 1 aliphatic heterocycles. The van der Waals surface area contributed by atoms with Crippen molar-refractivity contribution < 1.29 is 45.1 Å². The predicted octanol–water partition coefficient (Wildman–Crippen LogP) is 9.05. The van der Waals surface area contributed by atoms with Crippen LogP contribution in [0.4, 0.5) is 0 Å². The maximum atomic E-state index is 12.9. The third-order valence-corrected chi connectivity index (χ3v) is 19.0. The Morgan fingerprint density at radius 2 is 1.45 bits per heavy atom. The smallest absolute Gasteiger partial charge is 0.394 e. The summed E-state index contributed by atoms with van der Waals surface area (Å²) in [5.74, 6) is 4.61. The first-order valence-electron chi connectivity index (χ1n) is 22.3. The molecule has 13 heteroatoms. The van der Waals surface area contributed by atoms with Crippen LogP contribution < -0.4 is 0 Å². The monoisotopic (exact) mass is 855 g/mol. The van der Waals surface area contributed by atoms with Gasteiger partial charge in [0.2, 0.25) is 0 Å². The number of hydrogen-bond acceptors (Lipinski definition) is 9. The minimum absolute atomic E-state index is 0.00152. The number of esters is 1. The average Bonchev–Trinajstić information content (AvgIpc) is 3.48. The fraction of sp³-hybridized carbons (Fsp3) is 0.911. The van der Waals surface area contributed by atoms with Crippen LogP contribution in [0.1, 0.15) is 158 Å². The summed E-state index contributed by atoms with van der Waals surface area (Å²) in [4.78, 5) is 31.5. The van der Waals surface area contributed by atoms with Crippen molar-refractivity contribution in [3.63, 3.8) is 0 Å². The molecule has 2 N–H and O–H groups in total. The van der Waals surface area contributed by atoms with E-state index in [1.165, 1.54) is 95.5 Å². The van der Waals surface area contributed by atoms with Crippen LogP contribution in [0.15, 0.2) is 12.2 Å². The molecule has 0 unspecified atom stereocenters. The lowest BCUT2D eigenvalue weighted by atomic mass is 9.32. The van der Waals surface area contributed by atoms with Crippen molar-refractivity contribution in [3.8, 4) is 0 Å². The maximum absolute atomic E-state index is 12.9. The van der Waals surface area contributed by atoms with Crippen molar-refractivity contribution in [1.82, 2.24) is 4.90 Å². The minimum atomic E-state index is -4.67. The lowest BCUT2D eigenvalue weighted by Gasteiger charge is -2.73. The molecule has 5 aliphatic carbocycles. The molecule has 1 heterocycles. The van der Waals surface area contributed by atoms with Gasteiger partial charge >= 0.3 is 22.5 Å². The second-order valence-corrected chi connectivity index (χ2v) is 24.4. The number of ether oxygens (including phenoxy) is 1. The van der Waals surface area contributed by atoms with E-state index in [0.29, 0.717) is 57.3 Å². The van der Waals surface area contributed by atoms with E-state index in [4.69, 9.17) is 31.8 Å². The molecule has 6 rings (SSSR count). The van der Waals surface area contributed by atoms with E-state index in [1.807, 2.05) is 0 Å². The van der Waals surface area contributed by atoms with Crippen molar-refractivity contribution >= 4 is 32.4 Å². The van der Waals surface area contributed by atoms with Crippen molar-refractivity contribution in [2.75, 3.05) is 31.1 Å². The number of nitrogens with zero attached hydrogens (tertiary/aromatic N) is 1. The van der Waals surface area contributed by atoms with Crippen LogP contribution in [-0.4, -0.2) is 80.2 Å². The summed E-state index contributed by atoms with van der Waals surface area (Å²) in [5, 5.41) is 0. The minimum Gasteiger partial charge on any atom is -0.462 e. The molecule has 0 spiro atoms. The van der Waals surface area contributed by atoms with Crippen molar-refractivity contribution in [3.05, 3.63) is 12.2 Å². The lowest BCUT2D eigenvalue weighted by molar-refractivity contribution is -0.250. The molecule has 0 aromatic rings. The number of fused-ring (bicyclic) bond motifs is 7.